The first kappa shape index (κ1) is 13.1. The molecule has 3 rings (SSSR count). The van der Waals surface area contributed by atoms with Crippen LogP contribution < -0.4 is 5.32 Å². The van der Waals surface area contributed by atoms with E-state index in [4.69, 9.17) is 11.6 Å². The average Bonchev–Trinajstić information content (AvgIpc) is 2.85. The molecule has 3 aromatic rings. The summed E-state index contributed by atoms with van der Waals surface area (Å²) < 4.78 is 1.47. The Bertz CT molecular complexity index is 755. The normalized spacial score (nSPS) is 10.7. The maximum atomic E-state index is 12.1. The first-order valence-electron chi connectivity index (χ1n) is 6.10. The molecule has 0 spiro atoms. The summed E-state index contributed by atoms with van der Waals surface area (Å²) >= 11 is 7.27. The van der Waals surface area contributed by atoms with Gasteiger partial charge in [-0.1, -0.05) is 41.9 Å². The van der Waals surface area contributed by atoms with Crippen molar-refractivity contribution in [1.29, 1.82) is 0 Å². The van der Waals surface area contributed by atoms with E-state index >= 15 is 0 Å². The standard InChI is InChI=1S/C15H11ClN2OS/c16-15-18-12-8-11(6-7-13(12)20-15)14(19)17-9-10-4-2-1-3-5-10/h1-8H,9H2,(H,17,19). The van der Waals surface area contributed by atoms with E-state index in [1.165, 1.54) is 11.3 Å². The first-order chi connectivity index (χ1) is 9.72. The number of nitrogens with one attached hydrogen (secondary N) is 1. The largest absolute Gasteiger partial charge is 0.348 e. The Morgan fingerprint density at radius 2 is 2.00 bits per heavy atom. The minimum absolute atomic E-state index is 0.111. The molecule has 5 heteroatoms. The van der Waals surface area contributed by atoms with Gasteiger partial charge in [-0.15, -0.1) is 11.3 Å². The molecule has 0 radical (unpaired) electrons. The van der Waals surface area contributed by atoms with Gasteiger partial charge in [-0.25, -0.2) is 4.98 Å². The van der Waals surface area contributed by atoms with Crippen molar-refractivity contribution < 1.29 is 4.79 Å². The number of hydrogen-bond donors (Lipinski definition) is 1. The van der Waals surface area contributed by atoms with Crippen molar-refractivity contribution >= 4 is 39.1 Å². The Hall–Kier alpha value is -1.91. The van der Waals surface area contributed by atoms with Gasteiger partial charge in [0.2, 0.25) is 0 Å². The molecule has 20 heavy (non-hydrogen) atoms. The average molecular weight is 303 g/mol. The quantitative estimate of drug-likeness (QED) is 0.798. The number of rotatable bonds is 3. The molecule has 1 aromatic heterocycles. The number of hydrogen-bond acceptors (Lipinski definition) is 3. The Balaban J connectivity index is 1.75. The van der Waals surface area contributed by atoms with Gasteiger partial charge in [0.25, 0.3) is 5.91 Å². The number of carbonyl (C=O) groups excluding carboxylic acids is 1. The van der Waals surface area contributed by atoms with E-state index in [2.05, 4.69) is 10.3 Å². The molecule has 2 aromatic carbocycles. The number of aromatic nitrogens is 1. The summed E-state index contributed by atoms with van der Waals surface area (Å²) in [5.41, 5.74) is 2.42. The molecular formula is C15H11ClN2OS. The van der Waals surface area contributed by atoms with Gasteiger partial charge in [-0.2, -0.15) is 0 Å². The molecule has 0 aliphatic carbocycles. The Labute approximate surface area is 125 Å². The Morgan fingerprint density at radius 3 is 2.80 bits per heavy atom. The minimum atomic E-state index is -0.111. The van der Waals surface area contributed by atoms with Gasteiger partial charge in [0.1, 0.15) is 0 Å². The second-order valence-electron chi connectivity index (χ2n) is 4.32. The Kier molecular flexibility index (Phi) is 3.67. The van der Waals surface area contributed by atoms with Crippen LogP contribution in [-0.2, 0) is 6.54 Å². The fourth-order valence-corrected chi connectivity index (χ4v) is 2.93. The number of benzene rings is 2. The lowest BCUT2D eigenvalue weighted by atomic mass is 10.2. The lowest BCUT2D eigenvalue weighted by Crippen LogP contribution is -2.22. The van der Waals surface area contributed by atoms with Crippen molar-refractivity contribution in [3.8, 4) is 0 Å². The SMILES string of the molecule is O=C(NCc1ccccc1)c1ccc2sc(Cl)nc2c1. The molecule has 0 saturated heterocycles. The summed E-state index contributed by atoms with van der Waals surface area (Å²) in [5.74, 6) is -0.111. The van der Waals surface area contributed by atoms with Crippen LogP contribution in [0, 0.1) is 0 Å². The topological polar surface area (TPSA) is 42.0 Å². The van der Waals surface area contributed by atoms with Gasteiger partial charge < -0.3 is 5.32 Å². The van der Waals surface area contributed by atoms with Gasteiger partial charge in [-0.3, -0.25) is 4.79 Å². The predicted molar refractivity (Wildman–Crippen MR) is 82.2 cm³/mol. The zero-order valence-corrected chi connectivity index (χ0v) is 12.0. The van der Waals surface area contributed by atoms with Crippen molar-refractivity contribution in [2.75, 3.05) is 0 Å². The van der Waals surface area contributed by atoms with Crippen LogP contribution in [-0.4, -0.2) is 10.9 Å². The summed E-state index contributed by atoms with van der Waals surface area (Å²) in [5, 5.41) is 2.89. The van der Waals surface area contributed by atoms with E-state index in [9.17, 15) is 4.79 Å². The molecule has 0 atom stereocenters. The number of halogens is 1. The third-order valence-corrected chi connectivity index (χ3v) is 4.06. The minimum Gasteiger partial charge on any atom is -0.348 e. The van der Waals surface area contributed by atoms with Crippen LogP contribution in [0.3, 0.4) is 0 Å². The second kappa shape index (κ2) is 5.61. The molecule has 1 heterocycles. The molecule has 0 aliphatic rings. The molecule has 0 unspecified atom stereocenters. The van der Waals surface area contributed by atoms with Crippen LogP contribution in [0.2, 0.25) is 4.47 Å². The summed E-state index contributed by atoms with van der Waals surface area (Å²) in [6, 6.07) is 15.2. The summed E-state index contributed by atoms with van der Waals surface area (Å²) in [6.07, 6.45) is 0. The van der Waals surface area contributed by atoms with E-state index in [1.54, 1.807) is 12.1 Å². The third-order valence-electron chi connectivity index (χ3n) is 2.92. The summed E-state index contributed by atoms with van der Waals surface area (Å²) in [4.78, 5) is 16.3. The van der Waals surface area contributed by atoms with Crippen LogP contribution in [0.5, 0.6) is 0 Å². The number of nitrogens with zero attached hydrogens (tertiary/aromatic N) is 1. The highest BCUT2D eigenvalue weighted by Crippen LogP contribution is 2.26. The zero-order valence-electron chi connectivity index (χ0n) is 10.5. The van der Waals surface area contributed by atoms with Crippen molar-refractivity contribution in [1.82, 2.24) is 10.3 Å². The molecule has 0 saturated carbocycles. The first-order valence-corrected chi connectivity index (χ1v) is 7.30. The highest BCUT2D eigenvalue weighted by Gasteiger charge is 2.08. The van der Waals surface area contributed by atoms with Gasteiger partial charge >= 0.3 is 0 Å². The molecular weight excluding hydrogens is 292 g/mol. The molecule has 1 N–H and O–H groups in total. The second-order valence-corrected chi connectivity index (χ2v) is 5.93. The van der Waals surface area contributed by atoms with E-state index in [0.29, 0.717) is 16.6 Å². The third kappa shape index (κ3) is 2.81. The van der Waals surface area contributed by atoms with Crippen LogP contribution in [0.15, 0.2) is 48.5 Å². The predicted octanol–water partition coefficient (Wildman–Crippen LogP) is 3.88. The highest BCUT2D eigenvalue weighted by molar-refractivity contribution is 7.22. The molecule has 3 nitrogen and oxygen atoms in total. The van der Waals surface area contributed by atoms with E-state index < -0.39 is 0 Å². The fraction of sp³-hybridized carbons (Fsp3) is 0.0667. The van der Waals surface area contributed by atoms with Crippen molar-refractivity contribution in [3.63, 3.8) is 0 Å². The molecule has 100 valence electrons. The monoisotopic (exact) mass is 302 g/mol. The zero-order chi connectivity index (χ0) is 13.9. The Morgan fingerprint density at radius 1 is 1.20 bits per heavy atom. The van der Waals surface area contributed by atoms with E-state index in [1.807, 2.05) is 36.4 Å². The smallest absolute Gasteiger partial charge is 0.251 e. The highest BCUT2D eigenvalue weighted by atomic mass is 35.5. The van der Waals surface area contributed by atoms with E-state index in [0.717, 1.165) is 15.8 Å². The maximum absolute atomic E-state index is 12.1. The van der Waals surface area contributed by atoms with Crippen LogP contribution in [0.4, 0.5) is 0 Å². The van der Waals surface area contributed by atoms with Gasteiger partial charge in [0.05, 0.1) is 10.2 Å². The lowest BCUT2D eigenvalue weighted by molar-refractivity contribution is 0.0951. The maximum Gasteiger partial charge on any atom is 0.251 e. The molecule has 0 aliphatic heterocycles. The van der Waals surface area contributed by atoms with E-state index in [-0.39, 0.29) is 5.91 Å². The summed E-state index contributed by atoms with van der Waals surface area (Å²) in [6.45, 7) is 0.509. The lowest BCUT2D eigenvalue weighted by Gasteiger charge is -2.05. The van der Waals surface area contributed by atoms with Crippen molar-refractivity contribution in [3.05, 3.63) is 64.1 Å². The number of thiazole rings is 1. The summed E-state index contributed by atoms with van der Waals surface area (Å²) in [7, 11) is 0. The van der Waals surface area contributed by atoms with Gasteiger partial charge in [-0.05, 0) is 23.8 Å². The van der Waals surface area contributed by atoms with Gasteiger partial charge in [0.15, 0.2) is 4.47 Å². The fourth-order valence-electron chi connectivity index (χ4n) is 1.92. The molecule has 0 bridgehead atoms. The van der Waals surface area contributed by atoms with Crippen LogP contribution >= 0.6 is 22.9 Å². The molecule has 1 amide bonds. The molecule has 0 fully saturated rings. The van der Waals surface area contributed by atoms with Crippen molar-refractivity contribution in [2.45, 2.75) is 6.54 Å². The van der Waals surface area contributed by atoms with Crippen LogP contribution in [0.25, 0.3) is 10.2 Å². The van der Waals surface area contributed by atoms with Gasteiger partial charge in [0, 0.05) is 12.1 Å². The van der Waals surface area contributed by atoms with Crippen molar-refractivity contribution in [2.24, 2.45) is 0 Å². The number of fused-ring (bicyclic) bond motifs is 1. The van der Waals surface area contributed by atoms with Crippen LogP contribution in [0.1, 0.15) is 15.9 Å². The number of carbonyl (C=O) groups is 1. The number of amides is 1.